The van der Waals surface area contributed by atoms with E-state index in [-0.39, 0.29) is 30.0 Å². The van der Waals surface area contributed by atoms with Crippen LogP contribution in [0.15, 0.2) is 42.7 Å². The summed E-state index contributed by atoms with van der Waals surface area (Å²) in [5.41, 5.74) is 3.05. The fraction of sp³-hybridized carbons (Fsp3) is 0.300. The second kappa shape index (κ2) is 8.90. The molecule has 1 N–H and O–H groups in total. The lowest BCUT2D eigenvalue weighted by molar-refractivity contribution is 0.0628. The van der Waals surface area contributed by atoms with Gasteiger partial charge in [0.25, 0.3) is 5.91 Å². The van der Waals surface area contributed by atoms with Crippen LogP contribution >= 0.6 is 24.0 Å². The SMILES string of the molecule is Cc1cc(C)n(-c2ccc(Cl)c(C(=O)N3CCNCC3c3cccnc3)n2)n1.Cl. The van der Waals surface area contributed by atoms with Crippen molar-refractivity contribution in [1.29, 1.82) is 0 Å². The Balaban J connectivity index is 0.00000240. The van der Waals surface area contributed by atoms with Gasteiger partial charge in [-0.15, -0.1) is 12.4 Å². The molecule has 7 nitrogen and oxygen atoms in total. The third kappa shape index (κ3) is 4.27. The first-order valence-electron chi connectivity index (χ1n) is 9.16. The van der Waals surface area contributed by atoms with E-state index in [1.54, 1.807) is 29.2 Å². The predicted octanol–water partition coefficient (Wildman–Crippen LogP) is 3.14. The highest BCUT2D eigenvalue weighted by atomic mass is 35.5. The molecule has 0 radical (unpaired) electrons. The lowest BCUT2D eigenvalue weighted by Gasteiger charge is -2.36. The molecule has 1 aliphatic heterocycles. The molecule has 152 valence electrons. The first-order chi connectivity index (χ1) is 13.5. The monoisotopic (exact) mass is 432 g/mol. The number of pyridine rings is 2. The van der Waals surface area contributed by atoms with Crippen LogP contribution in [-0.2, 0) is 0 Å². The zero-order chi connectivity index (χ0) is 19.7. The number of nitrogens with one attached hydrogen (secondary N) is 1. The van der Waals surface area contributed by atoms with Crippen LogP contribution in [-0.4, -0.2) is 50.2 Å². The molecular formula is C20H22Cl2N6O. The lowest BCUT2D eigenvalue weighted by atomic mass is 10.0. The third-order valence-electron chi connectivity index (χ3n) is 4.83. The van der Waals surface area contributed by atoms with Gasteiger partial charge >= 0.3 is 0 Å². The number of amides is 1. The van der Waals surface area contributed by atoms with E-state index in [0.717, 1.165) is 23.5 Å². The molecule has 4 rings (SSSR count). The van der Waals surface area contributed by atoms with Crippen LogP contribution in [0.1, 0.15) is 33.5 Å². The minimum atomic E-state index is -0.191. The van der Waals surface area contributed by atoms with E-state index in [4.69, 9.17) is 11.6 Å². The Kier molecular flexibility index (Phi) is 6.52. The normalized spacial score (nSPS) is 16.4. The number of piperazine rings is 1. The molecule has 3 aromatic rings. The molecule has 1 atom stereocenters. The number of aromatic nitrogens is 4. The number of hydrogen-bond donors (Lipinski definition) is 1. The van der Waals surface area contributed by atoms with E-state index in [0.29, 0.717) is 23.9 Å². The van der Waals surface area contributed by atoms with Crippen molar-refractivity contribution in [2.45, 2.75) is 19.9 Å². The molecule has 0 spiro atoms. The molecule has 1 aliphatic rings. The maximum absolute atomic E-state index is 13.4. The summed E-state index contributed by atoms with van der Waals surface area (Å²) < 4.78 is 1.72. The van der Waals surface area contributed by atoms with Gasteiger partial charge in [-0.25, -0.2) is 9.67 Å². The van der Waals surface area contributed by atoms with Gasteiger partial charge in [0, 0.05) is 37.7 Å². The molecule has 4 heterocycles. The largest absolute Gasteiger partial charge is 0.328 e. The van der Waals surface area contributed by atoms with Crippen molar-refractivity contribution in [3.63, 3.8) is 0 Å². The van der Waals surface area contributed by atoms with Gasteiger partial charge in [-0.1, -0.05) is 17.7 Å². The van der Waals surface area contributed by atoms with Crippen LogP contribution in [0, 0.1) is 13.8 Å². The summed E-state index contributed by atoms with van der Waals surface area (Å²) in [4.78, 5) is 23.9. The average molecular weight is 433 g/mol. The summed E-state index contributed by atoms with van der Waals surface area (Å²) in [6, 6.07) is 9.18. The van der Waals surface area contributed by atoms with Crippen molar-refractivity contribution < 1.29 is 4.79 Å². The van der Waals surface area contributed by atoms with Gasteiger partial charge in [-0.05, 0) is 43.7 Å². The number of hydrogen-bond acceptors (Lipinski definition) is 5. The van der Waals surface area contributed by atoms with Crippen LogP contribution < -0.4 is 5.32 Å². The molecule has 0 saturated carbocycles. The minimum Gasteiger partial charge on any atom is -0.328 e. The lowest BCUT2D eigenvalue weighted by Crippen LogP contribution is -2.49. The van der Waals surface area contributed by atoms with E-state index >= 15 is 0 Å². The van der Waals surface area contributed by atoms with Crippen molar-refractivity contribution in [3.05, 3.63) is 70.4 Å². The van der Waals surface area contributed by atoms with Crippen LogP contribution in [0.2, 0.25) is 5.02 Å². The van der Waals surface area contributed by atoms with E-state index in [1.807, 2.05) is 36.9 Å². The van der Waals surface area contributed by atoms with Crippen molar-refractivity contribution in [2.24, 2.45) is 0 Å². The second-order valence-corrected chi connectivity index (χ2v) is 7.25. The van der Waals surface area contributed by atoms with Crippen LogP contribution in [0.4, 0.5) is 0 Å². The molecule has 1 amide bonds. The van der Waals surface area contributed by atoms with Gasteiger partial charge in [-0.2, -0.15) is 5.10 Å². The van der Waals surface area contributed by atoms with Gasteiger partial charge in [0.1, 0.15) is 5.69 Å². The number of carbonyl (C=O) groups excluding carboxylic acids is 1. The number of carbonyl (C=O) groups is 1. The van der Waals surface area contributed by atoms with Crippen LogP contribution in [0.25, 0.3) is 5.82 Å². The van der Waals surface area contributed by atoms with Gasteiger partial charge in [0.05, 0.1) is 16.8 Å². The van der Waals surface area contributed by atoms with Crippen molar-refractivity contribution in [2.75, 3.05) is 19.6 Å². The molecule has 0 aliphatic carbocycles. The maximum Gasteiger partial charge on any atom is 0.274 e. The highest BCUT2D eigenvalue weighted by molar-refractivity contribution is 6.33. The van der Waals surface area contributed by atoms with E-state index in [2.05, 4.69) is 20.4 Å². The second-order valence-electron chi connectivity index (χ2n) is 6.84. The fourth-order valence-corrected chi connectivity index (χ4v) is 3.70. The summed E-state index contributed by atoms with van der Waals surface area (Å²) in [6.45, 7) is 5.82. The number of rotatable bonds is 3. The number of halogens is 2. The molecular weight excluding hydrogens is 411 g/mol. The summed E-state index contributed by atoms with van der Waals surface area (Å²) in [6.07, 6.45) is 3.52. The maximum atomic E-state index is 13.4. The molecule has 0 aromatic carbocycles. The third-order valence-corrected chi connectivity index (χ3v) is 5.14. The Labute approximate surface area is 180 Å². The Bertz CT molecular complexity index is 1010. The molecule has 1 fully saturated rings. The summed E-state index contributed by atoms with van der Waals surface area (Å²) in [7, 11) is 0. The Morgan fingerprint density at radius 3 is 2.79 bits per heavy atom. The minimum absolute atomic E-state index is 0. The molecule has 0 bridgehead atoms. The van der Waals surface area contributed by atoms with Crippen LogP contribution in [0.5, 0.6) is 0 Å². The van der Waals surface area contributed by atoms with Gasteiger partial charge in [0.15, 0.2) is 5.82 Å². The first kappa shape index (κ1) is 21.2. The number of nitrogens with zero attached hydrogens (tertiary/aromatic N) is 5. The average Bonchev–Trinajstić information content (AvgIpc) is 3.06. The van der Waals surface area contributed by atoms with Crippen molar-refractivity contribution in [1.82, 2.24) is 30.0 Å². The van der Waals surface area contributed by atoms with Crippen molar-refractivity contribution >= 4 is 29.9 Å². The van der Waals surface area contributed by atoms with E-state index in [9.17, 15) is 4.79 Å². The van der Waals surface area contributed by atoms with Gasteiger partial charge in [-0.3, -0.25) is 9.78 Å². The van der Waals surface area contributed by atoms with E-state index in [1.165, 1.54) is 0 Å². The summed E-state index contributed by atoms with van der Waals surface area (Å²) >= 11 is 6.37. The van der Waals surface area contributed by atoms with Gasteiger partial charge in [0.2, 0.25) is 0 Å². The topological polar surface area (TPSA) is 75.9 Å². The molecule has 29 heavy (non-hydrogen) atoms. The highest BCUT2D eigenvalue weighted by Crippen LogP contribution is 2.26. The zero-order valence-corrected chi connectivity index (χ0v) is 17.7. The fourth-order valence-electron chi connectivity index (χ4n) is 3.51. The first-order valence-corrected chi connectivity index (χ1v) is 9.54. The number of aryl methyl sites for hydroxylation is 2. The smallest absolute Gasteiger partial charge is 0.274 e. The van der Waals surface area contributed by atoms with E-state index < -0.39 is 0 Å². The van der Waals surface area contributed by atoms with Crippen LogP contribution in [0.3, 0.4) is 0 Å². The molecule has 1 saturated heterocycles. The molecule has 3 aromatic heterocycles. The summed E-state index contributed by atoms with van der Waals surface area (Å²) in [5, 5.41) is 8.13. The highest BCUT2D eigenvalue weighted by Gasteiger charge is 2.31. The van der Waals surface area contributed by atoms with Gasteiger partial charge < -0.3 is 10.2 Å². The summed E-state index contributed by atoms with van der Waals surface area (Å²) in [5.74, 6) is 0.384. The Hall–Kier alpha value is -2.48. The molecule has 1 unspecified atom stereocenters. The zero-order valence-electron chi connectivity index (χ0n) is 16.2. The predicted molar refractivity (Wildman–Crippen MR) is 114 cm³/mol. The Morgan fingerprint density at radius 2 is 2.10 bits per heavy atom. The Morgan fingerprint density at radius 1 is 1.28 bits per heavy atom. The standard InChI is InChI=1S/C20H21ClN6O.ClH/c1-13-10-14(2)27(25-13)18-6-5-16(21)19(24-18)20(28)26-9-8-23-12-17(26)15-4-3-7-22-11-15;/h3-7,10-11,17,23H,8-9,12H2,1-2H3;1H. The van der Waals surface area contributed by atoms with Crippen molar-refractivity contribution in [3.8, 4) is 5.82 Å². The quantitative estimate of drug-likeness (QED) is 0.687. The molecule has 9 heteroatoms.